The predicted molar refractivity (Wildman–Crippen MR) is 80.8 cm³/mol. The Labute approximate surface area is 124 Å². The van der Waals surface area contributed by atoms with Crippen molar-refractivity contribution in [2.45, 2.75) is 32.0 Å². The molecule has 0 radical (unpaired) electrons. The molecule has 1 unspecified atom stereocenters. The molecule has 0 bridgehead atoms. The zero-order valence-electron chi connectivity index (χ0n) is 11.7. The summed E-state index contributed by atoms with van der Waals surface area (Å²) in [5.74, 6) is 0.379. The molecular weight excluding hydrogens is 284 g/mol. The largest absolute Gasteiger partial charge is 0.341 e. The van der Waals surface area contributed by atoms with Gasteiger partial charge in [-0.3, -0.25) is 4.79 Å². The van der Waals surface area contributed by atoms with Crippen LogP contribution in [0.5, 0.6) is 0 Å². The summed E-state index contributed by atoms with van der Waals surface area (Å²) in [4.78, 5) is 22.1. The Morgan fingerprint density at radius 1 is 1.42 bits per heavy atom. The van der Waals surface area contributed by atoms with Crippen LogP contribution in [0.2, 0.25) is 0 Å². The van der Waals surface area contributed by atoms with Crippen LogP contribution in [0.25, 0.3) is 0 Å². The molecule has 0 aliphatic rings. The maximum atomic E-state index is 11.9. The summed E-state index contributed by atoms with van der Waals surface area (Å²) >= 11 is 1.36. The molecule has 0 aromatic carbocycles. The van der Waals surface area contributed by atoms with Gasteiger partial charge in [0.1, 0.15) is 0 Å². The first-order valence-corrected chi connectivity index (χ1v) is 6.83. The number of rotatable bonds is 5. The van der Waals surface area contributed by atoms with Crippen LogP contribution in [0.15, 0.2) is 11.2 Å². The lowest BCUT2D eigenvalue weighted by Gasteiger charge is -2.23. The van der Waals surface area contributed by atoms with E-state index >= 15 is 0 Å². The number of carbonyl (C=O) groups excluding carboxylic acids is 1. The highest BCUT2D eigenvalue weighted by Gasteiger charge is 2.15. The molecule has 0 aliphatic carbocycles. The number of likely N-dealkylation sites (N-methyl/N-ethyl adjacent to an activating group) is 1. The Morgan fingerprint density at radius 2 is 1.95 bits per heavy atom. The van der Waals surface area contributed by atoms with E-state index in [0.29, 0.717) is 17.5 Å². The van der Waals surface area contributed by atoms with Gasteiger partial charge in [-0.25, -0.2) is 9.97 Å². The van der Waals surface area contributed by atoms with Crippen LogP contribution in [0, 0.1) is 13.8 Å². The van der Waals surface area contributed by atoms with Gasteiger partial charge in [0, 0.05) is 31.0 Å². The maximum Gasteiger partial charge on any atom is 0.233 e. The molecule has 2 N–H and O–H groups in total. The van der Waals surface area contributed by atoms with E-state index in [0.717, 1.165) is 11.4 Å². The van der Waals surface area contributed by atoms with Gasteiger partial charge in [-0.05, 0) is 26.8 Å². The molecule has 0 saturated carbocycles. The number of nitrogens with two attached hydrogens (primary N) is 1. The van der Waals surface area contributed by atoms with Crippen LogP contribution in [0.4, 0.5) is 0 Å². The Hall–Kier alpha value is -0.850. The second-order valence-electron chi connectivity index (χ2n) is 4.31. The van der Waals surface area contributed by atoms with Crippen LogP contribution in [-0.4, -0.2) is 46.2 Å². The summed E-state index contributed by atoms with van der Waals surface area (Å²) in [5.41, 5.74) is 7.37. The van der Waals surface area contributed by atoms with Crippen molar-refractivity contribution in [1.82, 2.24) is 14.9 Å². The maximum absolute atomic E-state index is 11.9. The quantitative estimate of drug-likeness (QED) is 0.658. The number of nitrogens with zero attached hydrogens (tertiary/aromatic N) is 3. The minimum Gasteiger partial charge on any atom is -0.341 e. The number of hydrogen-bond acceptors (Lipinski definition) is 5. The van der Waals surface area contributed by atoms with Crippen molar-refractivity contribution in [3.05, 3.63) is 17.5 Å². The van der Waals surface area contributed by atoms with Gasteiger partial charge < -0.3 is 10.6 Å². The first-order valence-electron chi connectivity index (χ1n) is 5.85. The molecule has 0 aliphatic heterocycles. The van der Waals surface area contributed by atoms with Crippen molar-refractivity contribution < 1.29 is 4.79 Å². The molecule has 0 fully saturated rings. The molecule has 1 aromatic heterocycles. The number of thioether (sulfide) groups is 1. The fourth-order valence-electron chi connectivity index (χ4n) is 1.39. The van der Waals surface area contributed by atoms with Gasteiger partial charge in [-0.2, -0.15) is 0 Å². The Morgan fingerprint density at radius 3 is 2.42 bits per heavy atom. The van der Waals surface area contributed by atoms with Gasteiger partial charge >= 0.3 is 0 Å². The van der Waals surface area contributed by atoms with Crippen LogP contribution >= 0.6 is 24.2 Å². The monoisotopic (exact) mass is 304 g/mol. The summed E-state index contributed by atoms with van der Waals surface area (Å²) in [6.07, 6.45) is 0. The SMILES string of the molecule is Cc1cc(C)nc(SCC(=O)N(C)C(C)CN)n1.Cl. The number of halogens is 1. The second-order valence-corrected chi connectivity index (χ2v) is 5.25. The number of carbonyl (C=O) groups is 1. The molecule has 5 nitrogen and oxygen atoms in total. The molecule has 1 rings (SSSR count). The predicted octanol–water partition coefficient (Wildman–Crippen LogP) is 1.41. The van der Waals surface area contributed by atoms with Gasteiger partial charge in [-0.15, -0.1) is 12.4 Å². The van der Waals surface area contributed by atoms with Crippen LogP contribution in [0.1, 0.15) is 18.3 Å². The van der Waals surface area contributed by atoms with Gasteiger partial charge in [0.15, 0.2) is 5.16 Å². The van der Waals surface area contributed by atoms with E-state index < -0.39 is 0 Å². The lowest BCUT2D eigenvalue weighted by molar-refractivity contribution is -0.128. The molecule has 7 heteroatoms. The third-order valence-corrected chi connectivity index (χ3v) is 3.51. The lowest BCUT2D eigenvalue weighted by atomic mass is 10.3. The first kappa shape index (κ1) is 18.1. The molecule has 1 amide bonds. The third kappa shape index (κ3) is 5.76. The van der Waals surface area contributed by atoms with Crippen molar-refractivity contribution in [3.63, 3.8) is 0 Å². The van der Waals surface area contributed by atoms with Crippen LogP contribution in [0.3, 0.4) is 0 Å². The highest BCUT2D eigenvalue weighted by atomic mass is 35.5. The lowest BCUT2D eigenvalue weighted by Crippen LogP contribution is -2.40. The van der Waals surface area contributed by atoms with Gasteiger partial charge in [0.2, 0.25) is 5.91 Å². The van der Waals surface area contributed by atoms with E-state index in [1.807, 2.05) is 26.8 Å². The van der Waals surface area contributed by atoms with E-state index in [9.17, 15) is 4.79 Å². The smallest absolute Gasteiger partial charge is 0.233 e. The van der Waals surface area contributed by atoms with Crippen molar-refractivity contribution in [2.75, 3.05) is 19.3 Å². The van der Waals surface area contributed by atoms with Crippen LogP contribution in [-0.2, 0) is 4.79 Å². The highest BCUT2D eigenvalue weighted by molar-refractivity contribution is 7.99. The highest BCUT2D eigenvalue weighted by Crippen LogP contribution is 2.14. The van der Waals surface area contributed by atoms with E-state index in [4.69, 9.17) is 5.73 Å². The molecule has 0 saturated heterocycles. The molecule has 19 heavy (non-hydrogen) atoms. The summed E-state index contributed by atoms with van der Waals surface area (Å²) in [5, 5.41) is 0.648. The molecular formula is C12H21ClN4OS. The van der Waals surface area contributed by atoms with Crippen molar-refractivity contribution >= 4 is 30.1 Å². The molecule has 0 spiro atoms. The summed E-state index contributed by atoms with van der Waals surface area (Å²) < 4.78 is 0. The third-order valence-electron chi connectivity index (χ3n) is 2.68. The summed E-state index contributed by atoms with van der Waals surface area (Å²) in [7, 11) is 1.77. The normalized spacial score (nSPS) is 11.6. The molecule has 1 atom stereocenters. The fraction of sp³-hybridized carbons (Fsp3) is 0.583. The van der Waals surface area contributed by atoms with Gasteiger partial charge in [0.05, 0.1) is 5.75 Å². The van der Waals surface area contributed by atoms with E-state index in [-0.39, 0.29) is 24.4 Å². The zero-order valence-corrected chi connectivity index (χ0v) is 13.3. The van der Waals surface area contributed by atoms with E-state index in [1.165, 1.54) is 11.8 Å². The van der Waals surface area contributed by atoms with Crippen LogP contribution < -0.4 is 5.73 Å². The van der Waals surface area contributed by atoms with Crippen molar-refractivity contribution in [3.8, 4) is 0 Å². The average Bonchev–Trinajstić information content (AvgIpc) is 2.32. The molecule has 1 aromatic rings. The first-order chi connectivity index (χ1) is 8.43. The molecule has 1 heterocycles. The van der Waals surface area contributed by atoms with Gasteiger partial charge in [-0.1, -0.05) is 11.8 Å². The number of hydrogen-bond donors (Lipinski definition) is 1. The summed E-state index contributed by atoms with van der Waals surface area (Å²) in [6.45, 7) is 6.23. The standard InChI is InChI=1S/C12H20N4OS.ClH/c1-8-5-9(2)15-12(14-8)18-7-11(17)16(4)10(3)6-13;/h5,10H,6-7,13H2,1-4H3;1H. The van der Waals surface area contributed by atoms with Crippen molar-refractivity contribution in [2.24, 2.45) is 5.73 Å². The number of aryl methyl sites for hydroxylation is 2. The Kier molecular flexibility index (Phi) is 7.97. The Balaban J connectivity index is 0.00000324. The van der Waals surface area contributed by atoms with Crippen molar-refractivity contribution in [1.29, 1.82) is 0 Å². The zero-order chi connectivity index (χ0) is 13.7. The number of aromatic nitrogens is 2. The minimum atomic E-state index is 0. The Bertz CT molecular complexity index is 410. The van der Waals surface area contributed by atoms with Gasteiger partial charge in [0.25, 0.3) is 0 Å². The average molecular weight is 305 g/mol. The molecule has 108 valence electrons. The topological polar surface area (TPSA) is 72.1 Å². The number of amides is 1. The second kappa shape index (κ2) is 8.35. The van der Waals surface area contributed by atoms with E-state index in [2.05, 4.69) is 9.97 Å². The van der Waals surface area contributed by atoms with E-state index in [1.54, 1.807) is 11.9 Å². The minimum absolute atomic E-state index is 0. The summed E-state index contributed by atoms with van der Waals surface area (Å²) in [6, 6.07) is 1.97. The fourth-order valence-corrected chi connectivity index (χ4v) is 2.26.